The average Bonchev–Trinajstić information content (AvgIpc) is 2.01. The zero-order valence-electron chi connectivity index (χ0n) is 6.80. The van der Waals surface area contributed by atoms with Crippen LogP contribution in [0.2, 0.25) is 0 Å². The van der Waals surface area contributed by atoms with Crippen LogP contribution in [0.1, 0.15) is 15.9 Å². The molecule has 6 heteroatoms. The van der Waals surface area contributed by atoms with E-state index in [1.165, 1.54) is 0 Å². The molecule has 72 valence electrons. The maximum absolute atomic E-state index is 12.2. The molecule has 0 aliphatic rings. The molecule has 0 bridgehead atoms. The van der Waals surface area contributed by atoms with Crippen molar-refractivity contribution in [2.45, 2.75) is 6.18 Å². The van der Waals surface area contributed by atoms with Crippen LogP contribution in [-0.2, 0) is 6.18 Å². The van der Waals surface area contributed by atoms with Gasteiger partial charge in [-0.15, -0.1) is 0 Å². The summed E-state index contributed by atoms with van der Waals surface area (Å²) in [5.41, 5.74) is -1.88. The first-order chi connectivity index (χ1) is 6.32. The molecule has 2 nitrogen and oxygen atoms in total. The van der Waals surface area contributed by atoms with Gasteiger partial charge in [-0.2, -0.15) is 13.2 Å². The maximum Gasteiger partial charge on any atom is 0.415 e. The van der Waals surface area contributed by atoms with E-state index >= 15 is 0 Å². The third-order valence-corrected chi connectivity index (χ3v) is 1.60. The zero-order chi connectivity index (χ0) is 10.9. The Hall–Kier alpha value is -1.46. The van der Waals surface area contributed by atoms with Gasteiger partial charge in [0, 0.05) is 5.56 Å². The van der Waals surface area contributed by atoms with Crippen LogP contribution in [0.25, 0.3) is 0 Å². The molecule has 0 saturated heterocycles. The number of benzene rings is 1. The highest BCUT2D eigenvalue weighted by Crippen LogP contribution is 2.27. The Balaban J connectivity index is 3.21. The summed E-state index contributed by atoms with van der Waals surface area (Å²) in [5, 5.41) is 8.47. The molecular formula is C8H4BF3O2. The standard InChI is InChI=1S/C8H4BF3O2/c9-6-3-4(7(13)14)1-2-5(6)8(10,11)12/h1-3H,(H,13,14). The van der Waals surface area contributed by atoms with Crippen molar-refractivity contribution in [3.63, 3.8) is 0 Å². The molecule has 2 radical (unpaired) electrons. The average molecular weight is 200 g/mol. The number of aromatic carboxylic acids is 1. The van der Waals surface area contributed by atoms with Crippen LogP contribution >= 0.6 is 0 Å². The number of alkyl halides is 3. The van der Waals surface area contributed by atoms with Crippen molar-refractivity contribution in [3.8, 4) is 0 Å². The number of carboxylic acid groups (broad SMARTS) is 1. The highest BCUT2D eigenvalue weighted by atomic mass is 19.4. The van der Waals surface area contributed by atoms with Gasteiger partial charge in [0.25, 0.3) is 0 Å². The van der Waals surface area contributed by atoms with Crippen LogP contribution < -0.4 is 5.46 Å². The molecule has 0 spiro atoms. The van der Waals surface area contributed by atoms with Gasteiger partial charge < -0.3 is 5.11 Å². The van der Waals surface area contributed by atoms with E-state index in [1.807, 2.05) is 0 Å². The van der Waals surface area contributed by atoms with Gasteiger partial charge in [0.2, 0.25) is 0 Å². The summed E-state index contributed by atoms with van der Waals surface area (Å²) >= 11 is 0. The van der Waals surface area contributed by atoms with Gasteiger partial charge in [-0.1, -0.05) is 11.5 Å². The Labute approximate surface area is 78.8 Å². The number of hydrogen-bond acceptors (Lipinski definition) is 1. The van der Waals surface area contributed by atoms with Gasteiger partial charge in [0.15, 0.2) is 0 Å². The fourth-order valence-corrected chi connectivity index (χ4v) is 0.954. The normalized spacial score (nSPS) is 11.4. The van der Waals surface area contributed by atoms with Crippen molar-refractivity contribution in [2.75, 3.05) is 0 Å². The predicted molar refractivity (Wildman–Crippen MR) is 43.8 cm³/mol. The fraction of sp³-hybridized carbons (Fsp3) is 0.125. The topological polar surface area (TPSA) is 37.3 Å². The van der Waals surface area contributed by atoms with Crippen LogP contribution in [0.15, 0.2) is 18.2 Å². The van der Waals surface area contributed by atoms with Gasteiger partial charge >= 0.3 is 12.1 Å². The van der Waals surface area contributed by atoms with E-state index in [1.54, 1.807) is 0 Å². The smallest absolute Gasteiger partial charge is 0.415 e. The molecule has 0 aromatic heterocycles. The Kier molecular flexibility index (Phi) is 2.55. The molecule has 0 amide bonds. The van der Waals surface area contributed by atoms with Crippen molar-refractivity contribution < 1.29 is 23.1 Å². The van der Waals surface area contributed by atoms with Gasteiger partial charge in [-0.25, -0.2) is 4.79 Å². The predicted octanol–water partition coefficient (Wildman–Crippen LogP) is 1.20. The third-order valence-electron chi connectivity index (χ3n) is 1.60. The van der Waals surface area contributed by atoms with E-state index in [4.69, 9.17) is 13.0 Å². The van der Waals surface area contributed by atoms with Crippen molar-refractivity contribution in [2.24, 2.45) is 0 Å². The Morgan fingerprint density at radius 2 is 1.93 bits per heavy atom. The second-order valence-electron chi connectivity index (χ2n) is 2.60. The summed E-state index contributed by atoms with van der Waals surface area (Å²) in [5.74, 6) is -1.31. The minimum Gasteiger partial charge on any atom is -0.478 e. The van der Waals surface area contributed by atoms with E-state index in [0.29, 0.717) is 6.07 Å². The molecule has 0 heterocycles. The van der Waals surface area contributed by atoms with Crippen LogP contribution in [-0.4, -0.2) is 18.9 Å². The van der Waals surface area contributed by atoms with E-state index in [-0.39, 0.29) is 5.56 Å². The van der Waals surface area contributed by atoms with Crippen LogP contribution in [0, 0.1) is 0 Å². The lowest BCUT2D eigenvalue weighted by atomic mass is 9.88. The summed E-state index contributed by atoms with van der Waals surface area (Å²) in [6.07, 6.45) is -4.55. The van der Waals surface area contributed by atoms with E-state index < -0.39 is 23.2 Å². The van der Waals surface area contributed by atoms with Crippen LogP contribution in [0.3, 0.4) is 0 Å². The largest absolute Gasteiger partial charge is 0.478 e. The molecule has 0 aliphatic carbocycles. The van der Waals surface area contributed by atoms with Crippen molar-refractivity contribution >= 4 is 19.3 Å². The second-order valence-corrected chi connectivity index (χ2v) is 2.60. The number of carbonyl (C=O) groups is 1. The first-order valence-electron chi connectivity index (χ1n) is 3.52. The summed E-state index contributed by atoms with van der Waals surface area (Å²) < 4.78 is 36.5. The monoisotopic (exact) mass is 200 g/mol. The quantitative estimate of drug-likeness (QED) is 0.691. The zero-order valence-corrected chi connectivity index (χ0v) is 6.80. The van der Waals surface area contributed by atoms with Crippen molar-refractivity contribution in [3.05, 3.63) is 29.3 Å². The summed E-state index contributed by atoms with van der Waals surface area (Å²) in [4.78, 5) is 10.4. The van der Waals surface area contributed by atoms with Crippen molar-refractivity contribution in [1.29, 1.82) is 0 Å². The highest BCUT2D eigenvalue weighted by Gasteiger charge is 2.31. The molecule has 1 rings (SSSR count). The van der Waals surface area contributed by atoms with E-state index in [9.17, 15) is 18.0 Å². The molecule has 1 aromatic carbocycles. The maximum atomic E-state index is 12.2. The third kappa shape index (κ3) is 2.07. The lowest BCUT2D eigenvalue weighted by Gasteiger charge is -2.10. The molecule has 1 aromatic rings. The first kappa shape index (κ1) is 10.6. The van der Waals surface area contributed by atoms with Gasteiger partial charge in [-0.3, -0.25) is 0 Å². The fourth-order valence-electron chi connectivity index (χ4n) is 0.954. The lowest BCUT2D eigenvalue weighted by Crippen LogP contribution is -2.20. The van der Waals surface area contributed by atoms with E-state index in [0.717, 1.165) is 12.1 Å². The molecule has 0 fully saturated rings. The van der Waals surface area contributed by atoms with E-state index in [2.05, 4.69) is 0 Å². The molecule has 14 heavy (non-hydrogen) atoms. The summed E-state index contributed by atoms with van der Waals surface area (Å²) in [7, 11) is 5.06. The Morgan fingerprint density at radius 3 is 2.29 bits per heavy atom. The van der Waals surface area contributed by atoms with Gasteiger partial charge in [0.05, 0.1) is 5.56 Å². The van der Waals surface area contributed by atoms with Crippen LogP contribution in [0.4, 0.5) is 13.2 Å². The molecule has 0 aliphatic heterocycles. The van der Waals surface area contributed by atoms with Crippen LogP contribution in [0.5, 0.6) is 0 Å². The summed E-state index contributed by atoms with van der Waals surface area (Å²) in [6, 6.07) is 2.30. The van der Waals surface area contributed by atoms with Gasteiger partial charge in [0.1, 0.15) is 7.85 Å². The Morgan fingerprint density at radius 1 is 1.36 bits per heavy atom. The SMILES string of the molecule is [B]c1cc(C(=O)O)ccc1C(F)(F)F. The Bertz CT molecular complexity index is 373. The minimum atomic E-state index is -4.55. The molecule has 0 atom stereocenters. The molecule has 0 unspecified atom stereocenters. The number of rotatable bonds is 1. The minimum absolute atomic E-state index is 0.268. The van der Waals surface area contributed by atoms with Gasteiger partial charge in [-0.05, 0) is 12.1 Å². The molecule has 0 saturated carbocycles. The highest BCUT2D eigenvalue weighted by molar-refractivity contribution is 6.33. The summed E-state index contributed by atoms with van der Waals surface area (Å²) in [6.45, 7) is 0. The number of hydrogen-bond donors (Lipinski definition) is 1. The molecular weight excluding hydrogens is 196 g/mol. The number of carboxylic acids is 1. The lowest BCUT2D eigenvalue weighted by molar-refractivity contribution is -0.136. The van der Waals surface area contributed by atoms with Crippen molar-refractivity contribution in [1.82, 2.24) is 0 Å². The number of halogens is 3. The second kappa shape index (κ2) is 3.36. The first-order valence-corrected chi connectivity index (χ1v) is 3.52. The molecule has 1 N–H and O–H groups in total.